The first kappa shape index (κ1) is 19.7. The molecule has 0 aromatic heterocycles. The Labute approximate surface area is 129 Å². The second-order valence-corrected chi connectivity index (χ2v) is 5.86. The third kappa shape index (κ3) is 7.46. The molecule has 2 unspecified atom stereocenters. The third-order valence-corrected chi connectivity index (χ3v) is 4.40. The Kier molecular flexibility index (Phi) is 11.2. The summed E-state index contributed by atoms with van der Waals surface area (Å²) in [6.07, 6.45) is 4.80. The number of aliphatic hydroxyl groups is 1. The summed E-state index contributed by atoms with van der Waals surface area (Å²) in [7, 11) is 0. The quantitative estimate of drug-likeness (QED) is 0.642. The standard InChI is InChI=1S/C15H30N2O2.ClH/c1-3-13(6-9-18)11-17-15(19)10-12(2)14-4-7-16-8-5-14;/h12-14,16,18H,3-11H2,1-2H3,(H,17,19);1H. The van der Waals surface area contributed by atoms with E-state index in [9.17, 15) is 4.79 Å². The van der Waals surface area contributed by atoms with Gasteiger partial charge in [0.25, 0.3) is 0 Å². The molecular weight excluding hydrogens is 276 g/mol. The number of carbonyl (C=O) groups excluding carboxylic acids is 1. The summed E-state index contributed by atoms with van der Waals surface area (Å²) in [4.78, 5) is 11.9. The van der Waals surface area contributed by atoms with Crippen molar-refractivity contribution in [2.45, 2.75) is 46.0 Å². The molecule has 3 N–H and O–H groups in total. The zero-order valence-electron chi connectivity index (χ0n) is 12.9. The van der Waals surface area contributed by atoms with Crippen LogP contribution in [-0.4, -0.2) is 37.3 Å². The lowest BCUT2D eigenvalue weighted by Crippen LogP contribution is -2.35. The molecule has 5 heteroatoms. The molecule has 0 aromatic rings. The van der Waals surface area contributed by atoms with Gasteiger partial charge in [0.1, 0.15) is 0 Å². The molecular formula is C15H31ClN2O2. The monoisotopic (exact) mass is 306 g/mol. The van der Waals surface area contributed by atoms with E-state index in [-0.39, 0.29) is 24.9 Å². The second kappa shape index (κ2) is 11.4. The van der Waals surface area contributed by atoms with E-state index in [4.69, 9.17) is 5.11 Å². The first-order valence-electron chi connectivity index (χ1n) is 7.75. The maximum atomic E-state index is 11.9. The Bertz CT molecular complexity index is 258. The molecule has 0 aliphatic carbocycles. The predicted octanol–water partition coefficient (Wildman–Crippen LogP) is 1.96. The summed E-state index contributed by atoms with van der Waals surface area (Å²) in [5, 5.41) is 15.3. The van der Waals surface area contributed by atoms with Crippen LogP contribution in [-0.2, 0) is 4.79 Å². The molecule has 1 fully saturated rings. The highest BCUT2D eigenvalue weighted by atomic mass is 35.5. The minimum absolute atomic E-state index is 0. The second-order valence-electron chi connectivity index (χ2n) is 5.86. The van der Waals surface area contributed by atoms with E-state index in [0.717, 1.165) is 25.9 Å². The van der Waals surface area contributed by atoms with Crippen molar-refractivity contribution in [1.82, 2.24) is 10.6 Å². The predicted molar refractivity (Wildman–Crippen MR) is 85.1 cm³/mol. The van der Waals surface area contributed by atoms with Gasteiger partial charge < -0.3 is 15.7 Å². The number of hydrogen-bond acceptors (Lipinski definition) is 3. The Morgan fingerprint density at radius 2 is 2.05 bits per heavy atom. The van der Waals surface area contributed by atoms with E-state index in [1.807, 2.05) is 0 Å². The van der Waals surface area contributed by atoms with Crippen LogP contribution in [0.1, 0.15) is 46.0 Å². The largest absolute Gasteiger partial charge is 0.396 e. The summed E-state index contributed by atoms with van der Waals surface area (Å²) < 4.78 is 0. The van der Waals surface area contributed by atoms with Gasteiger partial charge in [-0.25, -0.2) is 0 Å². The Balaban J connectivity index is 0.00000361. The molecule has 120 valence electrons. The van der Waals surface area contributed by atoms with Gasteiger partial charge in [-0.15, -0.1) is 12.4 Å². The fraction of sp³-hybridized carbons (Fsp3) is 0.933. The van der Waals surface area contributed by atoms with E-state index in [2.05, 4.69) is 24.5 Å². The van der Waals surface area contributed by atoms with Crippen molar-refractivity contribution < 1.29 is 9.90 Å². The number of aliphatic hydroxyl groups excluding tert-OH is 1. The van der Waals surface area contributed by atoms with Crippen molar-refractivity contribution in [2.75, 3.05) is 26.2 Å². The molecule has 4 nitrogen and oxygen atoms in total. The Morgan fingerprint density at radius 1 is 1.40 bits per heavy atom. The van der Waals surface area contributed by atoms with Crippen molar-refractivity contribution in [3.8, 4) is 0 Å². The molecule has 1 aliphatic rings. The van der Waals surface area contributed by atoms with Crippen molar-refractivity contribution in [3.63, 3.8) is 0 Å². The molecule has 0 aromatic carbocycles. The van der Waals surface area contributed by atoms with E-state index < -0.39 is 0 Å². The molecule has 1 rings (SSSR count). The normalized spacial score (nSPS) is 18.9. The summed E-state index contributed by atoms with van der Waals surface area (Å²) in [5.41, 5.74) is 0. The Morgan fingerprint density at radius 3 is 2.60 bits per heavy atom. The van der Waals surface area contributed by atoms with Crippen LogP contribution < -0.4 is 10.6 Å². The Hall–Kier alpha value is -0.320. The fourth-order valence-electron chi connectivity index (χ4n) is 2.84. The summed E-state index contributed by atoms with van der Waals surface area (Å²) in [6.45, 7) is 7.38. The summed E-state index contributed by atoms with van der Waals surface area (Å²) in [5.74, 6) is 1.73. The molecule has 1 amide bonds. The smallest absolute Gasteiger partial charge is 0.220 e. The number of amides is 1. The molecule has 2 atom stereocenters. The number of hydrogen-bond donors (Lipinski definition) is 3. The number of carbonyl (C=O) groups is 1. The maximum Gasteiger partial charge on any atom is 0.220 e. The lowest BCUT2D eigenvalue weighted by atomic mass is 9.84. The minimum atomic E-state index is 0. The van der Waals surface area contributed by atoms with Crippen LogP contribution in [0.3, 0.4) is 0 Å². The number of rotatable bonds is 8. The van der Waals surface area contributed by atoms with Crippen LogP contribution >= 0.6 is 12.4 Å². The highest BCUT2D eigenvalue weighted by molar-refractivity contribution is 5.85. The van der Waals surface area contributed by atoms with Crippen LogP contribution in [0.5, 0.6) is 0 Å². The summed E-state index contributed by atoms with van der Waals surface area (Å²) >= 11 is 0. The maximum absolute atomic E-state index is 11.9. The van der Waals surface area contributed by atoms with Crippen molar-refractivity contribution >= 4 is 18.3 Å². The van der Waals surface area contributed by atoms with Crippen molar-refractivity contribution in [1.29, 1.82) is 0 Å². The van der Waals surface area contributed by atoms with Crippen molar-refractivity contribution in [2.24, 2.45) is 17.8 Å². The van der Waals surface area contributed by atoms with E-state index in [1.165, 1.54) is 12.8 Å². The topological polar surface area (TPSA) is 61.4 Å². The van der Waals surface area contributed by atoms with Gasteiger partial charge in [-0.1, -0.05) is 20.3 Å². The molecule has 0 bridgehead atoms. The SMILES string of the molecule is CCC(CCO)CNC(=O)CC(C)C1CCNCC1.Cl. The fourth-order valence-corrected chi connectivity index (χ4v) is 2.84. The summed E-state index contributed by atoms with van der Waals surface area (Å²) in [6, 6.07) is 0. The molecule has 1 saturated heterocycles. The average molecular weight is 307 g/mol. The number of halogens is 1. The zero-order valence-corrected chi connectivity index (χ0v) is 13.7. The van der Waals surface area contributed by atoms with Gasteiger partial charge in [-0.2, -0.15) is 0 Å². The molecule has 0 radical (unpaired) electrons. The lowest BCUT2D eigenvalue weighted by Gasteiger charge is -2.28. The van der Waals surface area contributed by atoms with Gasteiger partial charge in [0.15, 0.2) is 0 Å². The van der Waals surface area contributed by atoms with E-state index >= 15 is 0 Å². The van der Waals surface area contributed by atoms with Gasteiger partial charge in [0.05, 0.1) is 0 Å². The van der Waals surface area contributed by atoms with Gasteiger partial charge in [0.2, 0.25) is 5.91 Å². The zero-order chi connectivity index (χ0) is 14.1. The van der Waals surface area contributed by atoms with Crippen LogP contribution in [0, 0.1) is 17.8 Å². The lowest BCUT2D eigenvalue weighted by molar-refractivity contribution is -0.122. The molecule has 0 saturated carbocycles. The number of nitrogens with one attached hydrogen (secondary N) is 2. The van der Waals surface area contributed by atoms with Crippen molar-refractivity contribution in [3.05, 3.63) is 0 Å². The van der Waals surface area contributed by atoms with Gasteiger partial charge in [-0.3, -0.25) is 4.79 Å². The molecule has 20 heavy (non-hydrogen) atoms. The molecule has 1 aliphatic heterocycles. The number of piperidine rings is 1. The van der Waals surface area contributed by atoms with E-state index in [0.29, 0.717) is 30.7 Å². The van der Waals surface area contributed by atoms with Gasteiger partial charge >= 0.3 is 0 Å². The first-order valence-corrected chi connectivity index (χ1v) is 7.75. The first-order chi connectivity index (χ1) is 9.17. The van der Waals surface area contributed by atoms with E-state index in [1.54, 1.807) is 0 Å². The third-order valence-electron chi connectivity index (χ3n) is 4.40. The van der Waals surface area contributed by atoms with Crippen LogP contribution in [0.2, 0.25) is 0 Å². The highest BCUT2D eigenvalue weighted by Gasteiger charge is 2.22. The van der Waals surface area contributed by atoms with Gasteiger partial charge in [0, 0.05) is 19.6 Å². The van der Waals surface area contributed by atoms with Gasteiger partial charge in [-0.05, 0) is 50.1 Å². The van der Waals surface area contributed by atoms with Crippen LogP contribution in [0.15, 0.2) is 0 Å². The average Bonchev–Trinajstić information content (AvgIpc) is 2.44. The minimum Gasteiger partial charge on any atom is -0.396 e. The highest BCUT2D eigenvalue weighted by Crippen LogP contribution is 2.24. The molecule has 1 heterocycles. The van der Waals surface area contributed by atoms with Crippen LogP contribution in [0.25, 0.3) is 0 Å². The van der Waals surface area contributed by atoms with Crippen LogP contribution in [0.4, 0.5) is 0 Å². The molecule has 0 spiro atoms.